The number of anilines is 1. The van der Waals surface area contributed by atoms with Crippen molar-refractivity contribution in [3.8, 4) is 5.75 Å². The third kappa shape index (κ3) is 5.86. The number of carbonyl (C=O) groups is 2. The molecular formula is C25H29F3N2O3. The van der Waals surface area contributed by atoms with E-state index in [0.29, 0.717) is 13.0 Å². The van der Waals surface area contributed by atoms with Gasteiger partial charge in [0.15, 0.2) is 0 Å². The molecular weight excluding hydrogens is 433 g/mol. The van der Waals surface area contributed by atoms with Gasteiger partial charge in [0.1, 0.15) is 17.9 Å². The van der Waals surface area contributed by atoms with Crippen molar-refractivity contribution in [1.82, 2.24) is 4.90 Å². The number of nitrogens with zero attached hydrogens (tertiary/aromatic N) is 2. The van der Waals surface area contributed by atoms with Gasteiger partial charge < -0.3 is 9.64 Å². The van der Waals surface area contributed by atoms with Gasteiger partial charge in [0.25, 0.3) is 5.91 Å². The summed E-state index contributed by atoms with van der Waals surface area (Å²) in [6.45, 7) is 10.3. The molecule has 1 saturated heterocycles. The minimum Gasteiger partial charge on any atom is -0.488 e. The van der Waals surface area contributed by atoms with Crippen LogP contribution in [0.1, 0.15) is 49.4 Å². The molecule has 1 aliphatic heterocycles. The molecule has 8 heteroatoms. The summed E-state index contributed by atoms with van der Waals surface area (Å²) in [4.78, 5) is 27.5. The van der Waals surface area contributed by atoms with Crippen LogP contribution < -0.4 is 9.64 Å². The van der Waals surface area contributed by atoms with E-state index in [0.717, 1.165) is 58.0 Å². The van der Waals surface area contributed by atoms with E-state index in [9.17, 15) is 22.8 Å². The van der Waals surface area contributed by atoms with Crippen LogP contribution in [0.4, 0.5) is 23.7 Å². The molecule has 178 valence electrons. The van der Waals surface area contributed by atoms with Crippen molar-refractivity contribution < 1.29 is 27.5 Å². The highest BCUT2D eigenvalue weighted by atomic mass is 19.4. The first-order valence-corrected chi connectivity index (χ1v) is 10.8. The summed E-state index contributed by atoms with van der Waals surface area (Å²) in [7, 11) is 0. The van der Waals surface area contributed by atoms with Crippen molar-refractivity contribution in [3.63, 3.8) is 0 Å². The molecule has 0 aromatic heterocycles. The average Bonchev–Trinajstić information content (AvgIpc) is 2.97. The lowest BCUT2D eigenvalue weighted by atomic mass is 10.0. The monoisotopic (exact) mass is 462 g/mol. The Balaban J connectivity index is 1.62. The van der Waals surface area contributed by atoms with Crippen LogP contribution >= 0.6 is 0 Å². The summed E-state index contributed by atoms with van der Waals surface area (Å²) in [5.74, 6) is 0.425. The lowest BCUT2D eigenvalue weighted by molar-refractivity contribution is -0.137. The predicted molar refractivity (Wildman–Crippen MR) is 121 cm³/mol. The number of alkyl halides is 3. The van der Waals surface area contributed by atoms with Gasteiger partial charge >= 0.3 is 12.2 Å². The Hall–Kier alpha value is -3.03. The molecule has 0 aliphatic carbocycles. The van der Waals surface area contributed by atoms with Gasteiger partial charge in [0, 0.05) is 6.54 Å². The van der Waals surface area contributed by atoms with Crippen molar-refractivity contribution in [2.75, 3.05) is 18.0 Å². The number of hydrogen-bond acceptors (Lipinski definition) is 3. The summed E-state index contributed by atoms with van der Waals surface area (Å²) >= 11 is 0. The van der Waals surface area contributed by atoms with Crippen molar-refractivity contribution in [2.45, 2.75) is 59.2 Å². The van der Waals surface area contributed by atoms with E-state index in [-0.39, 0.29) is 17.8 Å². The standard InChI is InChI=1S/C25H29F3N2O3/c1-16-13-18(14-17(2)22(16)33-24(3,4)5)7-6-12-29-15-21(31)30(23(29)32)20-10-8-19(9-11-20)25(26,27)28/h8-11,13-14H,6-7,12,15H2,1-5H3. The third-order valence-electron chi connectivity index (χ3n) is 5.31. The van der Waals surface area contributed by atoms with Crippen LogP contribution in [-0.2, 0) is 17.4 Å². The first-order chi connectivity index (χ1) is 15.3. The second kappa shape index (κ2) is 9.08. The number of aryl methyl sites for hydroxylation is 3. The lowest BCUT2D eigenvalue weighted by Crippen LogP contribution is -2.33. The third-order valence-corrected chi connectivity index (χ3v) is 5.31. The molecule has 5 nitrogen and oxygen atoms in total. The summed E-state index contributed by atoms with van der Waals surface area (Å²) in [5, 5.41) is 0. The predicted octanol–water partition coefficient (Wildman–Crippen LogP) is 5.90. The van der Waals surface area contributed by atoms with E-state index in [4.69, 9.17) is 4.74 Å². The largest absolute Gasteiger partial charge is 0.488 e. The van der Waals surface area contributed by atoms with E-state index in [1.165, 1.54) is 4.90 Å². The highest BCUT2D eigenvalue weighted by Crippen LogP contribution is 2.32. The highest BCUT2D eigenvalue weighted by molar-refractivity contribution is 6.19. The molecule has 2 aromatic carbocycles. The zero-order chi connectivity index (χ0) is 24.6. The molecule has 1 aliphatic rings. The summed E-state index contributed by atoms with van der Waals surface area (Å²) in [5.41, 5.74) is 2.22. The minimum atomic E-state index is -4.47. The lowest BCUT2D eigenvalue weighted by Gasteiger charge is -2.24. The van der Waals surface area contributed by atoms with E-state index in [2.05, 4.69) is 12.1 Å². The number of benzene rings is 2. The fourth-order valence-electron chi connectivity index (χ4n) is 3.90. The van der Waals surface area contributed by atoms with Crippen LogP contribution in [-0.4, -0.2) is 35.5 Å². The zero-order valence-corrected chi connectivity index (χ0v) is 19.5. The fraction of sp³-hybridized carbons (Fsp3) is 0.440. The Bertz CT molecular complexity index is 1020. The fourth-order valence-corrected chi connectivity index (χ4v) is 3.90. The maximum absolute atomic E-state index is 12.8. The summed E-state index contributed by atoms with van der Waals surface area (Å²) < 4.78 is 44.4. The Morgan fingerprint density at radius 3 is 2.06 bits per heavy atom. The molecule has 1 fully saturated rings. The Morgan fingerprint density at radius 1 is 0.970 bits per heavy atom. The van der Waals surface area contributed by atoms with Gasteiger partial charge in [-0.1, -0.05) is 12.1 Å². The number of amides is 3. The molecule has 1 heterocycles. The van der Waals surface area contributed by atoms with Crippen LogP contribution in [0.3, 0.4) is 0 Å². The van der Waals surface area contributed by atoms with Gasteiger partial charge in [-0.25, -0.2) is 9.69 Å². The first-order valence-electron chi connectivity index (χ1n) is 10.8. The summed E-state index contributed by atoms with van der Waals surface area (Å²) in [6, 6.07) is 7.66. The smallest absolute Gasteiger partial charge is 0.416 e. The molecule has 0 spiro atoms. The van der Waals surface area contributed by atoms with Crippen LogP contribution in [0.15, 0.2) is 36.4 Å². The normalized spacial score (nSPS) is 14.9. The number of halogens is 3. The molecule has 3 amide bonds. The molecule has 0 N–H and O–H groups in total. The second-order valence-electron chi connectivity index (χ2n) is 9.35. The minimum absolute atomic E-state index is 0.0870. The van der Waals surface area contributed by atoms with Gasteiger partial charge in [0.2, 0.25) is 0 Å². The number of imide groups is 1. The van der Waals surface area contributed by atoms with Crippen molar-refractivity contribution in [3.05, 3.63) is 58.7 Å². The second-order valence-corrected chi connectivity index (χ2v) is 9.35. The van der Waals surface area contributed by atoms with E-state index in [1.54, 1.807) is 0 Å². The Labute approximate surface area is 192 Å². The van der Waals surface area contributed by atoms with Crippen LogP contribution in [0, 0.1) is 13.8 Å². The maximum Gasteiger partial charge on any atom is 0.416 e. The van der Waals surface area contributed by atoms with E-state index >= 15 is 0 Å². The molecule has 0 unspecified atom stereocenters. The first kappa shape index (κ1) is 24.6. The summed E-state index contributed by atoms with van der Waals surface area (Å²) in [6.07, 6.45) is -3.11. The van der Waals surface area contributed by atoms with Gasteiger partial charge in [-0.2, -0.15) is 13.2 Å². The van der Waals surface area contributed by atoms with Crippen LogP contribution in [0.25, 0.3) is 0 Å². The highest BCUT2D eigenvalue weighted by Gasteiger charge is 2.37. The number of carbonyl (C=O) groups excluding carboxylic acids is 2. The quantitative estimate of drug-likeness (QED) is 0.502. The van der Waals surface area contributed by atoms with Crippen molar-refractivity contribution in [2.24, 2.45) is 0 Å². The molecule has 2 aromatic rings. The van der Waals surface area contributed by atoms with Crippen molar-refractivity contribution >= 4 is 17.6 Å². The average molecular weight is 463 g/mol. The SMILES string of the molecule is Cc1cc(CCCN2CC(=O)N(c3ccc(C(F)(F)F)cc3)C2=O)cc(C)c1OC(C)(C)C. The number of rotatable bonds is 6. The van der Waals surface area contributed by atoms with Gasteiger partial charge in [-0.05, 0) is 88.4 Å². The van der Waals surface area contributed by atoms with Crippen LogP contribution in [0.2, 0.25) is 0 Å². The number of ether oxygens (including phenoxy) is 1. The molecule has 0 saturated carbocycles. The Kier molecular flexibility index (Phi) is 6.77. The van der Waals surface area contributed by atoms with E-state index < -0.39 is 23.7 Å². The maximum atomic E-state index is 12.8. The zero-order valence-electron chi connectivity index (χ0n) is 19.5. The van der Waals surface area contributed by atoms with Gasteiger partial charge in [0.05, 0.1) is 11.3 Å². The van der Waals surface area contributed by atoms with Crippen LogP contribution in [0.5, 0.6) is 5.75 Å². The molecule has 0 radical (unpaired) electrons. The number of urea groups is 1. The molecule has 33 heavy (non-hydrogen) atoms. The van der Waals surface area contributed by atoms with Gasteiger partial charge in [-0.15, -0.1) is 0 Å². The van der Waals surface area contributed by atoms with Gasteiger partial charge in [-0.3, -0.25) is 4.79 Å². The topological polar surface area (TPSA) is 49.9 Å². The van der Waals surface area contributed by atoms with Crippen molar-refractivity contribution in [1.29, 1.82) is 0 Å². The molecule has 3 rings (SSSR count). The molecule has 0 atom stereocenters. The molecule has 0 bridgehead atoms. The van der Waals surface area contributed by atoms with E-state index in [1.807, 2.05) is 34.6 Å². The Morgan fingerprint density at radius 2 is 1.55 bits per heavy atom. The number of hydrogen-bond donors (Lipinski definition) is 0.